The monoisotopic (exact) mass is 1080 g/mol. The summed E-state index contributed by atoms with van der Waals surface area (Å²) in [6.45, 7) is 20.4. The highest BCUT2D eigenvalue weighted by Gasteiger charge is 2.52. The van der Waals surface area contributed by atoms with Gasteiger partial charge in [0.15, 0.2) is 0 Å². The van der Waals surface area contributed by atoms with E-state index in [-0.39, 0.29) is 23.0 Å². The first-order valence-corrected chi connectivity index (χ1v) is 30.6. The summed E-state index contributed by atoms with van der Waals surface area (Å²) < 4.78 is 44.5. The summed E-state index contributed by atoms with van der Waals surface area (Å²) in [5.74, 6) is 1.58. The number of benzene rings is 8. The average Bonchev–Trinajstić information content (AvgIpc) is 3.61. The lowest BCUT2D eigenvalue weighted by atomic mass is 9.66. The molecule has 2 aliphatic heterocycles. The van der Waals surface area contributed by atoms with E-state index in [1.165, 1.54) is 0 Å². The topological polar surface area (TPSA) is 134 Å². The molecule has 2 atom stereocenters. The number of hydrogen-bond acceptors (Lipinski definition) is 8. The average molecular weight is 1080 g/mol. The lowest BCUT2D eigenvalue weighted by Crippen LogP contribution is -2.32. The lowest BCUT2D eigenvalue weighted by Gasteiger charge is -2.40. The molecule has 402 valence electrons. The van der Waals surface area contributed by atoms with E-state index in [1.807, 2.05) is 161 Å². The van der Waals surface area contributed by atoms with Crippen molar-refractivity contribution < 1.29 is 38.6 Å². The fraction of sp³-hybridized carbons (Fsp3) is 0.294. The Morgan fingerprint density at radius 1 is 0.397 bits per heavy atom. The number of hydrogen-bond donors (Lipinski definition) is 4. The minimum absolute atomic E-state index is 0.0716. The summed E-state index contributed by atoms with van der Waals surface area (Å²) in [6.07, 6.45) is 2.72. The zero-order chi connectivity index (χ0) is 55.8. The molecule has 0 saturated heterocycles. The third-order valence-corrected chi connectivity index (χ3v) is 24.8. The van der Waals surface area contributed by atoms with Gasteiger partial charge >= 0.3 is 0 Å². The van der Waals surface area contributed by atoms with Crippen LogP contribution >= 0.6 is 14.7 Å². The van der Waals surface area contributed by atoms with Gasteiger partial charge in [-0.25, -0.2) is 0 Å². The molecule has 0 amide bonds. The predicted molar refractivity (Wildman–Crippen MR) is 317 cm³/mol. The molecule has 0 spiro atoms. The molecule has 8 aromatic rings. The maximum Gasteiger partial charge on any atom is 0.287 e. The molecule has 0 saturated carbocycles. The highest BCUT2D eigenvalue weighted by atomic mass is 31.2. The van der Waals surface area contributed by atoms with Crippen molar-refractivity contribution in [3.05, 3.63) is 214 Å². The highest BCUT2D eigenvalue weighted by Crippen LogP contribution is 2.68. The molecule has 0 radical (unpaired) electrons. The first-order valence-electron chi connectivity index (χ1n) is 27.4. The third-order valence-electron chi connectivity index (χ3n) is 18.3. The van der Waals surface area contributed by atoms with Gasteiger partial charge in [0, 0.05) is 44.1 Å². The van der Waals surface area contributed by atoms with E-state index in [9.17, 15) is 20.4 Å². The minimum atomic E-state index is -3.67. The fourth-order valence-corrected chi connectivity index (χ4v) is 18.0. The lowest BCUT2D eigenvalue weighted by molar-refractivity contribution is 0.358. The van der Waals surface area contributed by atoms with Crippen molar-refractivity contribution in [2.24, 2.45) is 0 Å². The van der Waals surface area contributed by atoms with Crippen LogP contribution in [0.25, 0.3) is 22.3 Å². The van der Waals surface area contributed by atoms with E-state index in [2.05, 4.69) is 53.7 Å². The molecular weight excluding hydrogens is 1010 g/mol. The Hall–Kier alpha value is -6.98. The molecule has 10 heteroatoms. The van der Waals surface area contributed by atoms with Crippen molar-refractivity contribution >= 4 is 25.3 Å². The Balaban J connectivity index is 1.00. The van der Waals surface area contributed by atoms with Gasteiger partial charge in [-0.05, 0) is 147 Å². The molecule has 2 heterocycles. The van der Waals surface area contributed by atoms with Gasteiger partial charge in [0.2, 0.25) is 0 Å². The number of rotatable bonds is 15. The number of phenolic OH excluding ortho intramolecular Hbond substituents is 4. The second kappa shape index (κ2) is 19.7. The van der Waals surface area contributed by atoms with Gasteiger partial charge < -0.3 is 29.5 Å². The molecule has 8 nitrogen and oxygen atoms in total. The summed E-state index contributed by atoms with van der Waals surface area (Å²) in [5.41, 5.74) is 7.41. The van der Waals surface area contributed by atoms with E-state index in [1.54, 1.807) is 24.3 Å². The molecule has 0 fully saturated rings. The second-order valence-corrected chi connectivity index (χ2v) is 28.8. The van der Waals surface area contributed by atoms with Gasteiger partial charge in [-0.3, -0.25) is 9.13 Å². The van der Waals surface area contributed by atoms with Crippen molar-refractivity contribution in [1.29, 1.82) is 0 Å². The van der Waals surface area contributed by atoms with Gasteiger partial charge in [-0.15, -0.1) is 0 Å². The van der Waals surface area contributed by atoms with Crippen LogP contribution in [-0.2, 0) is 42.1 Å². The van der Waals surface area contributed by atoms with Crippen LogP contribution in [0.2, 0.25) is 0 Å². The molecule has 78 heavy (non-hydrogen) atoms. The molecular formula is C68H72O8P2. The van der Waals surface area contributed by atoms with Gasteiger partial charge in [-0.1, -0.05) is 163 Å². The predicted octanol–water partition coefficient (Wildman–Crippen LogP) is 17.0. The molecule has 0 aromatic heterocycles. The fourth-order valence-electron chi connectivity index (χ4n) is 12.7. The van der Waals surface area contributed by atoms with E-state index in [4.69, 9.17) is 9.05 Å². The Kier molecular flexibility index (Phi) is 13.8. The molecule has 0 bridgehead atoms. The standard InChI is InChI=1S/C68H72O8P2/c1-11-67(12-2,43-44-39-47(33-35-56(44)69)65(7,8)77(73)62-29-21-17-25-51(62)49-23-15-19-27-60(49)75-77)53-40-45(31-36-57(53)70)64(5,6)46-32-37-58(71)54(41-46)68(13-3,14-4)55-42-48(34-38-59(55)72)66(9,10)78(74)63-30-22-18-26-52(63)50-24-16-20-28-61(50)76-78/h15-42,69-72H,11-14,43H2,1-10H3. The van der Waals surface area contributed by atoms with Crippen molar-refractivity contribution in [3.8, 4) is 56.8 Å². The SMILES string of the molecule is CCC(CC)(Cc1cc(C(C)(C)P2(=O)Oc3ccccc3-c3ccccc32)ccc1O)c1cc(C(C)(C)c2ccc(O)c(C(CC)(CC)c3cc(C(C)(C)P4(=O)Oc5ccccc5-c5ccccc54)ccc3O)c2)ccc1O. The van der Waals surface area contributed by atoms with Gasteiger partial charge in [-0.2, -0.15) is 0 Å². The van der Waals surface area contributed by atoms with Crippen LogP contribution in [0.1, 0.15) is 139 Å². The van der Waals surface area contributed by atoms with Gasteiger partial charge in [0.25, 0.3) is 14.7 Å². The summed E-state index contributed by atoms with van der Waals surface area (Å²) in [7, 11) is -7.29. The van der Waals surface area contributed by atoms with Crippen molar-refractivity contribution in [2.75, 3.05) is 0 Å². The van der Waals surface area contributed by atoms with E-state index >= 15 is 9.13 Å². The first kappa shape index (κ1) is 54.4. The first-order chi connectivity index (χ1) is 37.1. The van der Waals surface area contributed by atoms with E-state index in [0.717, 1.165) is 50.1 Å². The van der Waals surface area contributed by atoms with Crippen molar-refractivity contribution in [3.63, 3.8) is 0 Å². The Morgan fingerprint density at radius 3 is 1.21 bits per heavy atom. The highest BCUT2D eigenvalue weighted by molar-refractivity contribution is 7.69. The quantitative estimate of drug-likeness (QED) is 0.0746. The molecule has 4 N–H and O–H groups in total. The zero-order valence-corrected chi connectivity index (χ0v) is 48.3. The van der Waals surface area contributed by atoms with Crippen LogP contribution in [-0.4, -0.2) is 20.4 Å². The summed E-state index contributed by atoms with van der Waals surface area (Å²) in [6, 6.07) is 53.4. The van der Waals surface area contributed by atoms with Crippen LogP contribution in [0.15, 0.2) is 170 Å². The molecule has 0 aliphatic carbocycles. The van der Waals surface area contributed by atoms with E-state index < -0.39 is 41.3 Å². The number of fused-ring (bicyclic) bond motifs is 6. The Labute approximate surface area is 460 Å². The maximum absolute atomic E-state index is 15.7. The van der Waals surface area contributed by atoms with Crippen molar-refractivity contribution in [2.45, 2.75) is 128 Å². The zero-order valence-electron chi connectivity index (χ0n) is 46.5. The summed E-state index contributed by atoms with van der Waals surface area (Å²) >= 11 is 0. The Bertz CT molecular complexity index is 3730. The molecule has 2 unspecified atom stereocenters. The summed E-state index contributed by atoms with van der Waals surface area (Å²) in [4.78, 5) is 0. The van der Waals surface area contributed by atoms with Crippen molar-refractivity contribution in [1.82, 2.24) is 0 Å². The Morgan fingerprint density at radius 2 is 0.756 bits per heavy atom. The summed E-state index contributed by atoms with van der Waals surface area (Å²) in [5, 5.41) is 46.9. The van der Waals surface area contributed by atoms with Crippen LogP contribution in [0.4, 0.5) is 0 Å². The maximum atomic E-state index is 15.7. The number of aromatic hydroxyl groups is 4. The molecule has 10 rings (SSSR count). The normalized spacial score (nSPS) is 17.2. The van der Waals surface area contributed by atoms with Crippen LogP contribution in [0, 0.1) is 0 Å². The third kappa shape index (κ3) is 8.31. The largest absolute Gasteiger partial charge is 0.508 e. The minimum Gasteiger partial charge on any atom is -0.508 e. The smallest absolute Gasteiger partial charge is 0.287 e. The van der Waals surface area contributed by atoms with Crippen LogP contribution in [0.5, 0.6) is 34.5 Å². The number of para-hydroxylation sites is 2. The second-order valence-electron chi connectivity index (χ2n) is 23.0. The van der Waals surface area contributed by atoms with Gasteiger partial charge in [0.05, 0.1) is 20.9 Å². The van der Waals surface area contributed by atoms with E-state index in [0.29, 0.717) is 70.9 Å². The molecule has 8 aromatic carbocycles. The van der Waals surface area contributed by atoms with Crippen LogP contribution < -0.4 is 19.7 Å². The van der Waals surface area contributed by atoms with Crippen LogP contribution in [0.3, 0.4) is 0 Å². The number of phenols is 4. The van der Waals surface area contributed by atoms with Gasteiger partial charge in [0.1, 0.15) is 34.5 Å². The molecule has 2 aliphatic rings.